The average molecular weight is 432 g/mol. The van der Waals surface area contributed by atoms with Crippen LogP contribution in [0.5, 0.6) is 0 Å². The second-order valence-electron chi connectivity index (χ2n) is 7.81. The third-order valence-corrected chi connectivity index (χ3v) is 5.45. The molecule has 0 spiro atoms. The Hall–Kier alpha value is -3.79. The smallest absolute Gasteiger partial charge is 0.229 e. The second kappa shape index (κ2) is 8.39. The lowest BCUT2D eigenvalue weighted by atomic mass is 10.2. The minimum absolute atomic E-state index is 0.548. The van der Waals surface area contributed by atoms with E-state index >= 15 is 0 Å². The molecule has 0 radical (unpaired) electrons. The molecule has 0 unspecified atom stereocenters. The van der Waals surface area contributed by atoms with Crippen molar-refractivity contribution in [2.24, 2.45) is 12.1 Å². The van der Waals surface area contributed by atoms with Gasteiger partial charge in [0.2, 0.25) is 5.95 Å². The third kappa shape index (κ3) is 3.92. The first-order chi connectivity index (χ1) is 15.6. The van der Waals surface area contributed by atoms with Crippen LogP contribution in [0.15, 0.2) is 41.8 Å². The van der Waals surface area contributed by atoms with E-state index in [2.05, 4.69) is 44.6 Å². The van der Waals surface area contributed by atoms with E-state index < -0.39 is 0 Å². The Kier molecular flexibility index (Phi) is 5.28. The Morgan fingerprint density at radius 1 is 1.12 bits per heavy atom. The Morgan fingerprint density at radius 3 is 2.72 bits per heavy atom. The fourth-order valence-electron chi connectivity index (χ4n) is 3.62. The maximum atomic E-state index is 5.49. The summed E-state index contributed by atoms with van der Waals surface area (Å²) in [5.41, 5.74) is 7.61. The number of aryl methyl sites for hydroxylation is 3. The van der Waals surface area contributed by atoms with Crippen LogP contribution in [0.3, 0.4) is 0 Å². The van der Waals surface area contributed by atoms with Crippen molar-refractivity contribution in [3.8, 4) is 5.82 Å². The third-order valence-electron chi connectivity index (χ3n) is 5.45. The van der Waals surface area contributed by atoms with Crippen molar-refractivity contribution in [3.05, 3.63) is 53.5 Å². The molecule has 0 aliphatic carbocycles. The molecule has 4 aromatic rings. The van der Waals surface area contributed by atoms with Crippen molar-refractivity contribution in [1.82, 2.24) is 29.3 Å². The van der Waals surface area contributed by atoms with Crippen LogP contribution in [0.2, 0.25) is 0 Å². The maximum Gasteiger partial charge on any atom is 0.229 e. The van der Waals surface area contributed by atoms with Gasteiger partial charge >= 0.3 is 0 Å². The van der Waals surface area contributed by atoms with Gasteiger partial charge in [0.1, 0.15) is 6.33 Å². The standard InChI is InChI=1S/C22H25N9O/c1-15-5-4-6-17(11-15)13-24-27-20-19-21(26-22(25-20)30-7-9-32-10-8-30)31(14-23-19)18-12-16(2)29(3)28-18/h4-6,11-14H,7-10H2,1-3H3,(H,25,26,27)/b24-13+. The summed E-state index contributed by atoms with van der Waals surface area (Å²) in [4.78, 5) is 16.2. The first kappa shape index (κ1) is 20.1. The van der Waals surface area contributed by atoms with E-state index in [0.717, 1.165) is 30.2 Å². The average Bonchev–Trinajstić information content (AvgIpc) is 3.37. The first-order valence-electron chi connectivity index (χ1n) is 10.5. The quantitative estimate of drug-likeness (QED) is 0.383. The molecule has 1 aromatic carbocycles. The molecule has 0 saturated carbocycles. The number of nitrogens with one attached hydrogen (secondary N) is 1. The highest BCUT2D eigenvalue weighted by Gasteiger charge is 2.20. The number of imidazole rings is 1. The van der Waals surface area contributed by atoms with E-state index in [-0.39, 0.29) is 0 Å². The predicted molar refractivity (Wildman–Crippen MR) is 124 cm³/mol. The molecule has 10 nitrogen and oxygen atoms in total. The fourth-order valence-corrected chi connectivity index (χ4v) is 3.62. The van der Waals surface area contributed by atoms with Crippen LogP contribution in [0.4, 0.5) is 11.8 Å². The van der Waals surface area contributed by atoms with Crippen LogP contribution >= 0.6 is 0 Å². The summed E-state index contributed by atoms with van der Waals surface area (Å²) in [6, 6.07) is 10.1. The van der Waals surface area contributed by atoms with Crippen LogP contribution in [-0.4, -0.2) is 61.8 Å². The number of anilines is 2. The SMILES string of the molecule is Cc1cccc(/C=N/Nc2nc(N3CCOCC3)nc3c2ncn3-c2cc(C)n(C)n2)c1. The Balaban J connectivity index is 1.55. The number of fused-ring (bicyclic) bond motifs is 1. The normalized spacial score (nSPS) is 14.5. The van der Waals surface area contributed by atoms with Gasteiger partial charge in [0.05, 0.1) is 19.4 Å². The molecule has 0 amide bonds. The molecule has 4 heterocycles. The van der Waals surface area contributed by atoms with Gasteiger partial charge in [-0.25, -0.2) is 4.98 Å². The summed E-state index contributed by atoms with van der Waals surface area (Å²) in [5, 5.41) is 8.99. The lowest BCUT2D eigenvalue weighted by Crippen LogP contribution is -2.37. The van der Waals surface area contributed by atoms with Crippen LogP contribution in [0.25, 0.3) is 17.0 Å². The molecule has 1 N–H and O–H groups in total. The lowest BCUT2D eigenvalue weighted by Gasteiger charge is -2.26. The number of benzene rings is 1. The second-order valence-corrected chi connectivity index (χ2v) is 7.81. The van der Waals surface area contributed by atoms with Gasteiger partial charge in [0, 0.05) is 31.9 Å². The molecule has 1 saturated heterocycles. The Bertz CT molecular complexity index is 1260. The largest absolute Gasteiger partial charge is 0.378 e. The minimum Gasteiger partial charge on any atom is -0.378 e. The van der Waals surface area contributed by atoms with Crippen molar-refractivity contribution in [1.29, 1.82) is 0 Å². The molecule has 0 atom stereocenters. The monoisotopic (exact) mass is 431 g/mol. The summed E-state index contributed by atoms with van der Waals surface area (Å²) in [6.07, 6.45) is 3.49. The van der Waals surface area contributed by atoms with Crippen molar-refractivity contribution in [2.45, 2.75) is 13.8 Å². The summed E-state index contributed by atoms with van der Waals surface area (Å²) < 4.78 is 9.20. The molecule has 1 aliphatic rings. The zero-order chi connectivity index (χ0) is 22.1. The summed E-state index contributed by atoms with van der Waals surface area (Å²) in [6.45, 7) is 6.82. The van der Waals surface area contributed by atoms with Crippen molar-refractivity contribution < 1.29 is 4.74 Å². The van der Waals surface area contributed by atoms with E-state index in [4.69, 9.17) is 14.7 Å². The van der Waals surface area contributed by atoms with Crippen molar-refractivity contribution in [3.63, 3.8) is 0 Å². The Labute approximate surface area is 185 Å². The number of aromatic nitrogens is 6. The highest BCUT2D eigenvalue weighted by atomic mass is 16.5. The summed E-state index contributed by atoms with van der Waals surface area (Å²) >= 11 is 0. The number of rotatable bonds is 5. The molecule has 5 rings (SSSR count). The van der Waals surface area contributed by atoms with Gasteiger partial charge in [-0.05, 0) is 19.4 Å². The van der Waals surface area contributed by atoms with Gasteiger partial charge in [-0.3, -0.25) is 14.7 Å². The minimum atomic E-state index is 0.548. The van der Waals surface area contributed by atoms with Gasteiger partial charge < -0.3 is 9.64 Å². The first-order valence-corrected chi connectivity index (χ1v) is 10.5. The van der Waals surface area contributed by atoms with Gasteiger partial charge in [0.25, 0.3) is 0 Å². The van der Waals surface area contributed by atoms with Gasteiger partial charge in [-0.2, -0.15) is 20.2 Å². The molecule has 1 aliphatic heterocycles. The molecule has 32 heavy (non-hydrogen) atoms. The molecule has 164 valence electrons. The highest BCUT2D eigenvalue weighted by Crippen LogP contribution is 2.25. The fraction of sp³-hybridized carbons (Fsp3) is 0.318. The van der Waals surface area contributed by atoms with Gasteiger partial charge in [0.15, 0.2) is 22.8 Å². The lowest BCUT2D eigenvalue weighted by molar-refractivity contribution is 0.122. The number of hydrazone groups is 1. The zero-order valence-corrected chi connectivity index (χ0v) is 18.4. The van der Waals surface area contributed by atoms with Crippen LogP contribution in [0, 0.1) is 13.8 Å². The number of morpholine rings is 1. The molecule has 10 heteroatoms. The highest BCUT2D eigenvalue weighted by molar-refractivity contribution is 5.86. The predicted octanol–water partition coefficient (Wildman–Crippen LogP) is 2.45. The number of hydrogen-bond donors (Lipinski definition) is 1. The van der Waals surface area contributed by atoms with Crippen LogP contribution in [-0.2, 0) is 11.8 Å². The summed E-state index contributed by atoms with van der Waals surface area (Å²) in [7, 11) is 1.92. The van der Waals surface area contributed by atoms with Crippen molar-refractivity contribution in [2.75, 3.05) is 36.6 Å². The van der Waals surface area contributed by atoms with E-state index in [1.807, 2.05) is 41.4 Å². The van der Waals surface area contributed by atoms with Crippen molar-refractivity contribution >= 4 is 29.1 Å². The molecule has 3 aromatic heterocycles. The van der Waals surface area contributed by atoms with Gasteiger partial charge in [-0.15, -0.1) is 0 Å². The van der Waals surface area contributed by atoms with E-state index in [1.165, 1.54) is 5.56 Å². The molecular weight excluding hydrogens is 406 g/mol. The zero-order valence-electron chi connectivity index (χ0n) is 18.4. The maximum absolute atomic E-state index is 5.49. The Morgan fingerprint density at radius 2 is 1.97 bits per heavy atom. The van der Waals surface area contributed by atoms with E-state index in [9.17, 15) is 0 Å². The van der Waals surface area contributed by atoms with E-state index in [0.29, 0.717) is 36.1 Å². The molecular formula is C22H25N9O. The topological polar surface area (TPSA) is 98.3 Å². The molecule has 1 fully saturated rings. The van der Waals surface area contributed by atoms with E-state index in [1.54, 1.807) is 12.5 Å². The van der Waals surface area contributed by atoms with Crippen LogP contribution in [0.1, 0.15) is 16.8 Å². The molecule has 0 bridgehead atoms. The number of nitrogens with zero attached hydrogens (tertiary/aromatic N) is 8. The van der Waals surface area contributed by atoms with Crippen LogP contribution < -0.4 is 10.3 Å². The summed E-state index contributed by atoms with van der Waals surface area (Å²) in [5.74, 6) is 1.92. The number of hydrogen-bond acceptors (Lipinski definition) is 8. The van der Waals surface area contributed by atoms with Gasteiger partial charge in [-0.1, -0.05) is 29.8 Å². The number of ether oxygens (including phenoxy) is 1.